The second kappa shape index (κ2) is 9.14. The van der Waals surface area contributed by atoms with Gasteiger partial charge in [0.15, 0.2) is 5.76 Å². The minimum atomic E-state index is -1.47. The predicted octanol–water partition coefficient (Wildman–Crippen LogP) is 4.02. The van der Waals surface area contributed by atoms with E-state index >= 15 is 0 Å². The summed E-state index contributed by atoms with van der Waals surface area (Å²) >= 11 is 0. The van der Waals surface area contributed by atoms with E-state index in [2.05, 4.69) is 4.98 Å². The number of halogens is 1. The molecule has 1 aliphatic rings. The average Bonchev–Trinajstić information content (AvgIpc) is 3.30. The number of aromatic nitrogens is 1. The third kappa shape index (κ3) is 4.19. The number of ether oxygens (including phenoxy) is 1. The summed E-state index contributed by atoms with van der Waals surface area (Å²) in [7, 11) is 2.76. The van der Waals surface area contributed by atoms with E-state index in [0.717, 1.165) is 0 Å². The molecule has 2 amide bonds. The lowest BCUT2D eigenvalue weighted by molar-refractivity contribution is -0.147. The van der Waals surface area contributed by atoms with Crippen molar-refractivity contribution >= 4 is 12.0 Å². The number of nitrogens with zero attached hydrogens (tertiary/aromatic N) is 3. The molecule has 3 aromatic rings. The van der Waals surface area contributed by atoms with Crippen molar-refractivity contribution in [2.24, 2.45) is 0 Å². The Labute approximate surface area is 195 Å². The summed E-state index contributed by atoms with van der Waals surface area (Å²) in [6.07, 6.45) is 0.0979. The van der Waals surface area contributed by atoms with Gasteiger partial charge in [-0.05, 0) is 61.4 Å². The van der Waals surface area contributed by atoms with Gasteiger partial charge in [-0.25, -0.2) is 19.2 Å². The number of oxazole rings is 1. The van der Waals surface area contributed by atoms with Crippen LogP contribution in [0.2, 0.25) is 0 Å². The number of rotatable bonds is 5. The predicted molar refractivity (Wildman–Crippen MR) is 119 cm³/mol. The van der Waals surface area contributed by atoms with Crippen LogP contribution < -0.4 is 4.74 Å². The second-order valence-corrected chi connectivity index (χ2v) is 8.11. The quantitative estimate of drug-likeness (QED) is 0.428. The van der Waals surface area contributed by atoms with Crippen molar-refractivity contribution < 1.29 is 33.4 Å². The van der Waals surface area contributed by atoms with Gasteiger partial charge in [-0.3, -0.25) is 10.0 Å². The third-order valence-electron chi connectivity index (χ3n) is 6.08. The Morgan fingerprint density at radius 3 is 2.21 bits per heavy atom. The van der Waals surface area contributed by atoms with Gasteiger partial charge in [0.1, 0.15) is 22.7 Å². The fraction of sp³-hybridized carbons (Fsp3) is 0.292. The van der Waals surface area contributed by atoms with Crippen LogP contribution in [0.25, 0.3) is 22.6 Å². The molecule has 2 aromatic carbocycles. The van der Waals surface area contributed by atoms with E-state index in [1.807, 2.05) is 0 Å². The van der Waals surface area contributed by atoms with Crippen molar-refractivity contribution in [3.63, 3.8) is 0 Å². The number of hydrogen-bond acceptors (Lipinski definition) is 6. The number of benzene rings is 2. The van der Waals surface area contributed by atoms with Crippen LogP contribution in [0.3, 0.4) is 0 Å². The van der Waals surface area contributed by atoms with E-state index in [-0.39, 0.29) is 31.8 Å². The number of amides is 2. The lowest BCUT2D eigenvalue weighted by Crippen LogP contribution is -2.51. The Morgan fingerprint density at radius 2 is 1.68 bits per heavy atom. The zero-order valence-corrected chi connectivity index (χ0v) is 18.7. The Kier molecular flexibility index (Phi) is 6.25. The van der Waals surface area contributed by atoms with Crippen LogP contribution in [-0.2, 0) is 10.2 Å². The van der Waals surface area contributed by atoms with Crippen molar-refractivity contribution in [2.45, 2.75) is 18.3 Å². The molecule has 9 nitrogen and oxygen atoms in total. The van der Waals surface area contributed by atoms with E-state index in [1.165, 1.54) is 24.1 Å². The van der Waals surface area contributed by atoms with Crippen LogP contribution in [0, 0.1) is 5.82 Å². The monoisotopic (exact) mass is 469 g/mol. The van der Waals surface area contributed by atoms with Gasteiger partial charge >= 0.3 is 12.0 Å². The normalized spacial score (nSPS) is 15.1. The molecular weight excluding hydrogens is 445 g/mol. The van der Waals surface area contributed by atoms with E-state index in [1.54, 1.807) is 43.5 Å². The van der Waals surface area contributed by atoms with Crippen LogP contribution in [0.5, 0.6) is 5.75 Å². The molecule has 1 aliphatic heterocycles. The molecule has 34 heavy (non-hydrogen) atoms. The number of hydrogen-bond donors (Lipinski definition) is 2. The van der Waals surface area contributed by atoms with Crippen molar-refractivity contribution in [2.75, 3.05) is 27.2 Å². The number of carboxylic acid groups (broad SMARTS) is 1. The van der Waals surface area contributed by atoms with E-state index < -0.39 is 23.2 Å². The van der Waals surface area contributed by atoms with E-state index in [0.29, 0.717) is 33.4 Å². The van der Waals surface area contributed by atoms with Crippen molar-refractivity contribution in [3.05, 3.63) is 60.2 Å². The van der Waals surface area contributed by atoms with Crippen molar-refractivity contribution in [3.8, 4) is 28.3 Å². The fourth-order valence-electron chi connectivity index (χ4n) is 4.07. The first-order valence-corrected chi connectivity index (χ1v) is 10.6. The summed E-state index contributed by atoms with van der Waals surface area (Å²) in [4.78, 5) is 30.6. The smallest absolute Gasteiger partial charge is 0.343 e. The van der Waals surface area contributed by atoms with Crippen LogP contribution >= 0.6 is 0 Å². The minimum absolute atomic E-state index is 0.00888. The standard InChI is InChI=1S/C24H24FN3O6/c1-27(32)23(31)28-13-11-24(12-14-28,22(29)30)21-26-19(15-5-9-18(33-2)10-6-15)20(34-21)16-3-7-17(25)8-4-16/h3-10,32H,11-14H2,1-2H3,(H,29,30). The molecule has 0 atom stereocenters. The Hall–Kier alpha value is -3.92. The van der Waals surface area contributed by atoms with Gasteiger partial charge in [0.05, 0.1) is 7.11 Å². The summed E-state index contributed by atoms with van der Waals surface area (Å²) in [5.74, 6) is -0.569. The minimum Gasteiger partial charge on any atom is -0.497 e. The number of methoxy groups -OCH3 is 1. The summed E-state index contributed by atoms with van der Waals surface area (Å²) in [6, 6.07) is 12.1. The first-order chi connectivity index (χ1) is 16.2. The highest BCUT2D eigenvalue weighted by Crippen LogP contribution is 2.41. The molecule has 0 spiro atoms. The van der Waals surface area contributed by atoms with Crippen molar-refractivity contribution in [1.82, 2.24) is 14.9 Å². The number of carbonyl (C=O) groups is 2. The number of piperidine rings is 1. The molecular formula is C24H24FN3O6. The van der Waals surface area contributed by atoms with Gasteiger partial charge in [-0.1, -0.05) is 0 Å². The van der Waals surface area contributed by atoms with Gasteiger partial charge < -0.3 is 19.2 Å². The molecule has 1 fully saturated rings. The van der Waals surface area contributed by atoms with Crippen LogP contribution in [-0.4, -0.2) is 64.5 Å². The summed E-state index contributed by atoms with van der Waals surface area (Å²) in [5, 5.41) is 20.1. The van der Waals surface area contributed by atoms with Gasteiger partial charge in [-0.15, -0.1) is 0 Å². The van der Waals surface area contributed by atoms with Gasteiger partial charge in [-0.2, -0.15) is 0 Å². The van der Waals surface area contributed by atoms with Gasteiger partial charge in [0.2, 0.25) is 5.89 Å². The third-order valence-corrected chi connectivity index (χ3v) is 6.08. The van der Waals surface area contributed by atoms with E-state index in [9.17, 15) is 24.3 Å². The number of carbonyl (C=O) groups excluding carboxylic acids is 1. The lowest BCUT2D eigenvalue weighted by atomic mass is 9.78. The van der Waals surface area contributed by atoms with Crippen molar-refractivity contribution in [1.29, 1.82) is 0 Å². The topological polar surface area (TPSA) is 116 Å². The summed E-state index contributed by atoms with van der Waals surface area (Å²) < 4.78 is 24.8. The highest BCUT2D eigenvalue weighted by atomic mass is 19.1. The Bertz CT molecular complexity index is 1180. The summed E-state index contributed by atoms with van der Waals surface area (Å²) in [6.45, 7) is 0.199. The number of hydroxylamine groups is 2. The van der Waals surface area contributed by atoms with Crippen LogP contribution in [0.4, 0.5) is 9.18 Å². The SMILES string of the molecule is COc1ccc(-c2nc(C3(C(=O)O)CCN(C(=O)N(C)O)CC3)oc2-c2ccc(F)cc2)cc1. The van der Waals surface area contributed by atoms with Gasteiger partial charge in [0.25, 0.3) is 0 Å². The van der Waals surface area contributed by atoms with Crippen LogP contribution in [0.1, 0.15) is 18.7 Å². The second-order valence-electron chi connectivity index (χ2n) is 8.11. The molecule has 4 rings (SSSR count). The zero-order valence-electron chi connectivity index (χ0n) is 18.7. The molecule has 2 heterocycles. The largest absolute Gasteiger partial charge is 0.497 e. The lowest BCUT2D eigenvalue weighted by Gasteiger charge is -2.37. The Morgan fingerprint density at radius 1 is 1.09 bits per heavy atom. The highest BCUT2D eigenvalue weighted by molar-refractivity contribution is 5.83. The molecule has 178 valence electrons. The van der Waals surface area contributed by atoms with Crippen LogP contribution in [0.15, 0.2) is 52.9 Å². The molecule has 0 unspecified atom stereocenters. The number of carboxylic acids is 1. The first-order valence-electron chi connectivity index (χ1n) is 10.6. The van der Waals surface area contributed by atoms with E-state index in [4.69, 9.17) is 9.15 Å². The molecule has 10 heteroatoms. The maximum Gasteiger partial charge on any atom is 0.343 e. The maximum atomic E-state index is 13.5. The maximum absolute atomic E-state index is 13.5. The fourth-order valence-corrected chi connectivity index (χ4v) is 4.07. The average molecular weight is 469 g/mol. The molecule has 0 saturated carbocycles. The molecule has 1 saturated heterocycles. The zero-order chi connectivity index (χ0) is 24.5. The molecule has 0 bridgehead atoms. The summed E-state index contributed by atoms with van der Waals surface area (Å²) in [5.41, 5.74) is 0.161. The number of aliphatic carboxylic acids is 1. The Balaban J connectivity index is 1.78. The number of likely N-dealkylation sites (tertiary alicyclic amines) is 1. The molecule has 0 aliphatic carbocycles. The number of urea groups is 1. The molecule has 0 radical (unpaired) electrons. The highest BCUT2D eigenvalue weighted by Gasteiger charge is 2.49. The molecule has 1 aromatic heterocycles. The molecule has 2 N–H and O–H groups in total. The first kappa shape index (κ1) is 23.2. The van der Waals surface area contributed by atoms with Gasteiger partial charge in [0, 0.05) is 31.3 Å².